The minimum atomic E-state index is -2.89. The lowest BCUT2D eigenvalue weighted by molar-refractivity contribution is 0.146. The average molecular weight is 478 g/mol. The molecular formula is C22H22F3N5O2S. The fourth-order valence-electron chi connectivity index (χ4n) is 4.06. The molecule has 0 radical (unpaired) electrons. The number of hydrogen-bond donors (Lipinski definition) is 2. The Kier molecular flexibility index (Phi) is 6.59. The van der Waals surface area contributed by atoms with Crippen LogP contribution in [0.3, 0.4) is 0 Å². The SMILES string of the molecule is Cn1c(=O)c(C2CCS(=O)C(=N)C2)cc2c(NCCc3cccc(C(F)F)c3F)ncnc21. The van der Waals surface area contributed by atoms with Gasteiger partial charge in [-0.25, -0.2) is 23.1 Å². The number of aromatic nitrogens is 3. The van der Waals surface area contributed by atoms with Gasteiger partial charge in [-0.1, -0.05) is 18.2 Å². The maximum Gasteiger partial charge on any atom is 0.266 e. The normalized spacial score (nSPS) is 18.8. The molecule has 4 rings (SSSR count). The van der Waals surface area contributed by atoms with Gasteiger partial charge in [0.05, 0.1) is 26.8 Å². The largest absolute Gasteiger partial charge is 0.369 e. The second-order valence-electron chi connectivity index (χ2n) is 7.88. The lowest BCUT2D eigenvalue weighted by atomic mass is 9.93. The topological polar surface area (TPSA) is 101 Å². The average Bonchev–Trinajstić information content (AvgIpc) is 2.79. The molecule has 1 saturated heterocycles. The maximum atomic E-state index is 14.3. The zero-order valence-electron chi connectivity index (χ0n) is 17.8. The van der Waals surface area contributed by atoms with Gasteiger partial charge in [0.15, 0.2) is 0 Å². The van der Waals surface area contributed by atoms with Gasteiger partial charge in [-0.2, -0.15) is 0 Å². The van der Waals surface area contributed by atoms with Gasteiger partial charge < -0.3 is 5.32 Å². The summed E-state index contributed by atoms with van der Waals surface area (Å²) in [6.45, 7) is 0.223. The van der Waals surface area contributed by atoms with Gasteiger partial charge in [-0.05, 0) is 30.4 Å². The van der Waals surface area contributed by atoms with Crippen molar-refractivity contribution < 1.29 is 17.4 Å². The molecule has 1 fully saturated rings. The summed E-state index contributed by atoms with van der Waals surface area (Å²) in [6.07, 6.45) is -0.638. The molecule has 2 unspecified atom stereocenters. The zero-order chi connectivity index (χ0) is 23.7. The highest BCUT2D eigenvalue weighted by Crippen LogP contribution is 2.30. The Bertz CT molecular complexity index is 1310. The van der Waals surface area contributed by atoms with E-state index in [4.69, 9.17) is 5.41 Å². The quantitative estimate of drug-likeness (QED) is 0.564. The molecule has 1 aliphatic rings. The van der Waals surface area contributed by atoms with Crippen molar-refractivity contribution in [1.29, 1.82) is 5.41 Å². The van der Waals surface area contributed by atoms with Crippen molar-refractivity contribution in [2.75, 3.05) is 17.6 Å². The lowest BCUT2D eigenvalue weighted by Crippen LogP contribution is -2.29. The molecule has 0 saturated carbocycles. The van der Waals surface area contributed by atoms with Crippen molar-refractivity contribution in [3.05, 3.63) is 63.5 Å². The molecule has 174 valence electrons. The van der Waals surface area contributed by atoms with Crippen LogP contribution in [0.1, 0.15) is 41.9 Å². The Hall–Kier alpha value is -3.08. The third-order valence-corrected chi connectivity index (χ3v) is 7.18. The molecule has 0 bridgehead atoms. The molecule has 2 atom stereocenters. The summed E-state index contributed by atoms with van der Waals surface area (Å²) in [7, 11) is 0.307. The Morgan fingerprint density at radius 3 is 2.85 bits per heavy atom. The van der Waals surface area contributed by atoms with Crippen LogP contribution < -0.4 is 10.9 Å². The van der Waals surface area contributed by atoms with Crippen LogP contribution in [0.25, 0.3) is 11.0 Å². The molecule has 2 aromatic heterocycles. The van der Waals surface area contributed by atoms with E-state index in [1.54, 1.807) is 13.1 Å². The molecule has 0 aliphatic carbocycles. The van der Waals surface area contributed by atoms with Crippen LogP contribution in [0.5, 0.6) is 0 Å². The van der Waals surface area contributed by atoms with Crippen molar-refractivity contribution in [2.24, 2.45) is 7.05 Å². The second-order valence-corrected chi connectivity index (χ2v) is 9.48. The standard InChI is InChI=1S/C22H22F3N5O2S/c1-30-21-16(10-15(22(30)31)13-6-8-33(32)17(26)9-13)20(28-11-29-21)27-7-5-12-3-2-4-14(18(12)23)19(24)25/h2-4,10-11,13,19,26H,5-9H2,1H3,(H,27,28,29). The van der Waals surface area contributed by atoms with E-state index in [1.807, 2.05) is 0 Å². The molecule has 33 heavy (non-hydrogen) atoms. The molecule has 7 nitrogen and oxygen atoms in total. The third kappa shape index (κ3) is 4.54. The van der Waals surface area contributed by atoms with Gasteiger partial charge in [0.25, 0.3) is 12.0 Å². The fourth-order valence-corrected chi connectivity index (χ4v) is 5.19. The van der Waals surface area contributed by atoms with Crippen LogP contribution in [0, 0.1) is 11.2 Å². The molecule has 1 aliphatic heterocycles. The van der Waals surface area contributed by atoms with E-state index in [-0.39, 0.29) is 41.5 Å². The predicted octanol–water partition coefficient (Wildman–Crippen LogP) is 3.66. The molecule has 11 heteroatoms. The molecule has 0 spiro atoms. The third-order valence-electron chi connectivity index (χ3n) is 5.86. The highest BCUT2D eigenvalue weighted by atomic mass is 32.2. The summed E-state index contributed by atoms with van der Waals surface area (Å²) in [5.74, 6) is -0.373. The first-order valence-electron chi connectivity index (χ1n) is 10.4. The predicted molar refractivity (Wildman–Crippen MR) is 121 cm³/mol. The van der Waals surface area contributed by atoms with Crippen LogP contribution in [-0.2, 0) is 24.3 Å². The van der Waals surface area contributed by atoms with Gasteiger partial charge >= 0.3 is 0 Å². The molecule has 1 aromatic carbocycles. The number of anilines is 1. The Labute approximate surface area is 190 Å². The smallest absolute Gasteiger partial charge is 0.266 e. The summed E-state index contributed by atoms with van der Waals surface area (Å²) in [5, 5.41) is 11.7. The highest BCUT2D eigenvalue weighted by Gasteiger charge is 2.27. The van der Waals surface area contributed by atoms with Crippen LogP contribution in [0.15, 0.2) is 35.4 Å². The highest BCUT2D eigenvalue weighted by molar-refractivity contribution is 8.00. The van der Waals surface area contributed by atoms with Gasteiger partial charge in [0.2, 0.25) is 0 Å². The number of rotatable bonds is 6. The number of halogens is 3. The van der Waals surface area contributed by atoms with Gasteiger partial charge in [-0.15, -0.1) is 0 Å². The van der Waals surface area contributed by atoms with E-state index >= 15 is 0 Å². The van der Waals surface area contributed by atoms with Crippen LogP contribution in [0.2, 0.25) is 0 Å². The van der Waals surface area contributed by atoms with Crippen molar-refractivity contribution in [2.45, 2.75) is 31.6 Å². The number of pyridine rings is 1. The van der Waals surface area contributed by atoms with E-state index in [1.165, 1.54) is 23.0 Å². The number of fused-ring (bicyclic) bond motifs is 1. The number of benzene rings is 1. The molecule has 2 N–H and O–H groups in total. The molecule has 3 aromatic rings. The van der Waals surface area contributed by atoms with Gasteiger partial charge in [0, 0.05) is 31.3 Å². The molecular weight excluding hydrogens is 455 g/mol. The fraction of sp³-hybridized carbons (Fsp3) is 0.364. The molecule has 3 heterocycles. The zero-order valence-corrected chi connectivity index (χ0v) is 18.6. The van der Waals surface area contributed by atoms with E-state index in [2.05, 4.69) is 15.3 Å². The van der Waals surface area contributed by atoms with Crippen molar-refractivity contribution in [3.63, 3.8) is 0 Å². The summed E-state index contributed by atoms with van der Waals surface area (Å²) in [4.78, 5) is 21.4. The van der Waals surface area contributed by atoms with Crippen molar-refractivity contribution >= 4 is 32.7 Å². The van der Waals surface area contributed by atoms with E-state index < -0.39 is 28.6 Å². The monoisotopic (exact) mass is 477 g/mol. The van der Waals surface area contributed by atoms with Crippen LogP contribution in [0.4, 0.5) is 19.0 Å². The molecule has 0 amide bonds. The minimum absolute atomic E-state index is 0.129. The lowest BCUT2D eigenvalue weighted by Gasteiger charge is -2.23. The van der Waals surface area contributed by atoms with E-state index in [0.29, 0.717) is 34.6 Å². The number of nitrogens with one attached hydrogen (secondary N) is 2. The van der Waals surface area contributed by atoms with Crippen LogP contribution in [-0.4, -0.2) is 36.1 Å². The van der Waals surface area contributed by atoms with Crippen LogP contribution >= 0.6 is 0 Å². The number of aryl methyl sites for hydroxylation is 1. The first-order chi connectivity index (χ1) is 15.8. The van der Waals surface area contributed by atoms with Gasteiger partial charge in [-0.3, -0.25) is 19.0 Å². The summed E-state index contributed by atoms with van der Waals surface area (Å²) in [6, 6.07) is 5.63. The Morgan fingerprint density at radius 2 is 2.12 bits per heavy atom. The summed E-state index contributed by atoms with van der Waals surface area (Å²) >= 11 is 0. The second kappa shape index (κ2) is 9.42. The first kappa shape index (κ1) is 23.1. The Morgan fingerprint density at radius 1 is 1.33 bits per heavy atom. The van der Waals surface area contributed by atoms with Crippen molar-refractivity contribution in [1.82, 2.24) is 14.5 Å². The Balaban J connectivity index is 1.62. The van der Waals surface area contributed by atoms with Crippen molar-refractivity contribution in [3.8, 4) is 0 Å². The number of nitrogens with zero attached hydrogens (tertiary/aromatic N) is 3. The number of alkyl halides is 2. The first-order valence-corrected chi connectivity index (χ1v) is 11.7. The minimum Gasteiger partial charge on any atom is -0.369 e. The van der Waals surface area contributed by atoms with E-state index in [9.17, 15) is 22.2 Å². The van der Waals surface area contributed by atoms with E-state index in [0.717, 1.165) is 6.07 Å². The summed E-state index contributed by atoms with van der Waals surface area (Å²) < 4.78 is 53.4. The maximum absolute atomic E-state index is 14.3. The number of hydrogen-bond acceptors (Lipinski definition) is 6. The van der Waals surface area contributed by atoms with Gasteiger partial charge in [0.1, 0.15) is 23.6 Å². The summed E-state index contributed by atoms with van der Waals surface area (Å²) in [5.41, 5.74) is 0.212.